The fourth-order valence-electron chi connectivity index (χ4n) is 2.90. The zero-order valence-electron chi connectivity index (χ0n) is 16.7. The Kier molecular flexibility index (Phi) is 7.06. The Bertz CT molecular complexity index is 1200. The maximum Gasteiger partial charge on any atom is 0.234 e. The van der Waals surface area contributed by atoms with Crippen LogP contribution in [0.5, 0.6) is 5.75 Å². The molecule has 1 aromatic heterocycles. The Morgan fingerprint density at radius 3 is 2.74 bits per heavy atom. The summed E-state index contributed by atoms with van der Waals surface area (Å²) in [5.74, 6) is 0.949. The molecule has 158 valence electrons. The molecule has 1 amide bonds. The number of nitrogens with zero attached hydrogens (tertiary/aromatic N) is 1. The predicted molar refractivity (Wildman–Crippen MR) is 129 cm³/mol. The Balaban J connectivity index is 1.39. The molecule has 0 unspecified atom stereocenters. The number of fused-ring (bicyclic) bond motifs is 1. The van der Waals surface area contributed by atoms with Crippen LogP contribution in [0.3, 0.4) is 0 Å². The quantitative estimate of drug-likeness (QED) is 0.288. The second-order valence-electron chi connectivity index (χ2n) is 6.54. The molecule has 0 aliphatic carbocycles. The third kappa shape index (κ3) is 5.76. The topological polar surface area (TPSA) is 67.0 Å². The fraction of sp³-hybridized carbons (Fsp3) is 0.130. The normalized spacial score (nSPS) is 10.9. The summed E-state index contributed by atoms with van der Waals surface area (Å²) in [6.07, 6.45) is 0. The van der Waals surface area contributed by atoms with Crippen molar-refractivity contribution in [1.29, 1.82) is 0 Å². The highest BCUT2D eigenvalue weighted by atomic mass is 35.5. The monoisotopic (exact) mass is 469 g/mol. The molecule has 0 bridgehead atoms. The van der Waals surface area contributed by atoms with E-state index in [4.69, 9.17) is 16.3 Å². The van der Waals surface area contributed by atoms with E-state index < -0.39 is 0 Å². The van der Waals surface area contributed by atoms with E-state index in [1.54, 1.807) is 11.8 Å². The van der Waals surface area contributed by atoms with Crippen molar-refractivity contribution >= 4 is 57.8 Å². The van der Waals surface area contributed by atoms with Gasteiger partial charge in [-0.25, -0.2) is 4.98 Å². The smallest absolute Gasteiger partial charge is 0.234 e. The van der Waals surface area contributed by atoms with Gasteiger partial charge in [0.2, 0.25) is 5.91 Å². The molecule has 0 fully saturated rings. The molecular formula is C23H20ClN3O2S2. The maximum absolute atomic E-state index is 12.6. The number of hydrogen-bond donors (Lipinski definition) is 2. The Labute approximate surface area is 193 Å². The summed E-state index contributed by atoms with van der Waals surface area (Å²) in [6, 6.07) is 21.1. The van der Waals surface area contributed by atoms with Crippen LogP contribution in [-0.2, 0) is 4.79 Å². The van der Waals surface area contributed by atoms with Crippen molar-refractivity contribution in [2.45, 2.75) is 21.9 Å². The standard InChI is InChI=1S/C23H20ClN3O2S2/c1-2-29-16-9-12-18-20(13-16)27-23(26-18)30-14-22(28)25-19-5-3-4-6-21(19)31-17-10-7-15(24)8-11-17/h3-13H,2,14H2,1H3,(H,25,28)(H,26,27). The first kappa shape index (κ1) is 21.6. The molecule has 0 spiro atoms. The largest absolute Gasteiger partial charge is 0.494 e. The van der Waals surface area contributed by atoms with E-state index in [-0.39, 0.29) is 11.7 Å². The van der Waals surface area contributed by atoms with E-state index in [0.29, 0.717) is 16.8 Å². The third-order valence-corrected chi connectivity index (χ3v) is 6.49. The summed E-state index contributed by atoms with van der Waals surface area (Å²) in [7, 11) is 0. The van der Waals surface area contributed by atoms with Crippen LogP contribution in [0.25, 0.3) is 11.0 Å². The second-order valence-corrected chi connectivity index (χ2v) is 9.06. The van der Waals surface area contributed by atoms with Crippen molar-refractivity contribution in [1.82, 2.24) is 9.97 Å². The van der Waals surface area contributed by atoms with Gasteiger partial charge in [0.15, 0.2) is 5.16 Å². The number of carbonyl (C=O) groups is 1. The van der Waals surface area contributed by atoms with Crippen LogP contribution >= 0.6 is 35.1 Å². The molecule has 0 atom stereocenters. The van der Waals surface area contributed by atoms with Gasteiger partial charge in [0.05, 0.1) is 29.1 Å². The summed E-state index contributed by atoms with van der Waals surface area (Å²) in [4.78, 5) is 22.4. The van der Waals surface area contributed by atoms with Crippen LogP contribution in [0.15, 0.2) is 81.7 Å². The van der Waals surface area contributed by atoms with Gasteiger partial charge in [-0.05, 0) is 55.5 Å². The van der Waals surface area contributed by atoms with Crippen LogP contribution in [0, 0.1) is 0 Å². The minimum Gasteiger partial charge on any atom is -0.494 e. The van der Waals surface area contributed by atoms with Gasteiger partial charge in [-0.2, -0.15) is 0 Å². The SMILES string of the molecule is CCOc1ccc2nc(SCC(=O)Nc3ccccc3Sc3ccc(Cl)cc3)[nH]c2c1. The lowest BCUT2D eigenvalue weighted by atomic mass is 10.3. The first-order valence-electron chi connectivity index (χ1n) is 9.68. The molecule has 31 heavy (non-hydrogen) atoms. The molecule has 3 aromatic carbocycles. The number of thioether (sulfide) groups is 1. The van der Waals surface area contributed by atoms with E-state index >= 15 is 0 Å². The van der Waals surface area contributed by atoms with Crippen molar-refractivity contribution in [2.24, 2.45) is 0 Å². The van der Waals surface area contributed by atoms with Gasteiger partial charge in [0.1, 0.15) is 5.75 Å². The molecule has 2 N–H and O–H groups in total. The Hall–Kier alpha value is -2.61. The molecule has 1 heterocycles. The van der Waals surface area contributed by atoms with Gasteiger partial charge in [0, 0.05) is 20.9 Å². The summed E-state index contributed by atoms with van der Waals surface area (Å²) < 4.78 is 5.52. The van der Waals surface area contributed by atoms with Crippen LogP contribution < -0.4 is 10.1 Å². The van der Waals surface area contributed by atoms with Gasteiger partial charge in [-0.15, -0.1) is 0 Å². The molecule has 8 heteroatoms. The number of amides is 1. The number of imidazole rings is 1. The van der Waals surface area contributed by atoms with Crippen molar-refractivity contribution in [3.63, 3.8) is 0 Å². The number of ether oxygens (including phenoxy) is 1. The average molecular weight is 470 g/mol. The van der Waals surface area contributed by atoms with Gasteiger partial charge in [-0.3, -0.25) is 4.79 Å². The van der Waals surface area contributed by atoms with Gasteiger partial charge in [0.25, 0.3) is 0 Å². The second kappa shape index (κ2) is 10.1. The molecule has 0 saturated carbocycles. The van der Waals surface area contributed by atoms with Crippen LogP contribution in [0.4, 0.5) is 5.69 Å². The highest BCUT2D eigenvalue weighted by Gasteiger charge is 2.11. The first-order chi connectivity index (χ1) is 15.1. The lowest BCUT2D eigenvalue weighted by molar-refractivity contribution is -0.113. The molecular weight excluding hydrogens is 450 g/mol. The number of H-pyrrole nitrogens is 1. The molecule has 0 radical (unpaired) electrons. The summed E-state index contributed by atoms with van der Waals surface area (Å²) in [5, 5.41) is 4.40. The number of hydrogen-bond acceptors (Lipinski definition) is 5. The number of aromatic amines is 1. The lowest BCUT2D eigenvalue weighted by Crippen LogP contribution is -2.14. The highest BCUT2D eigenvalue weighted by Crippen LogP contribution is 2.34. The maximum atomic E-state index is 12.6. The number of halogens is 1. The molecule has 0 saturated heterocycles. The summed E-state index contributed by atoms with van der Waals surface area (Å²) in [5.41, 5.74) is 2.51. The number of aromatic nitrogens is 2. The van der Waals surface area contributed by atoms with Gasteiger partial charge >= 0.3 is 0 Å². The molecule has 4 aromatic rings. The average Bonchev–Trinajstić information content (AvgIpc) is 3.18. The Morgan fingerprint density at radius 1 is 1.13 bits per heavy atom. The van der Waals surface area contributed by atoms with Crippen molar-refractivity contribution < 1.29 is 9.53 Å². The number of rotatable bonds is 8. The zero-order valence-corrected chi connectivity index (χ0v) is 19.1. The van der Waals surface area contributed by atoms with Gasteiger partial charge < -0.3 is 15.0 Å². The number of carbonyl (C=O) groups excluding carboxylic acids is 1. The predicted octanol–water partition coefficient (Wildman–Crippen LogP) is 6.50. The summed E-state index contributed by atoms with van der Waals surface area (Å²) in [6.45, 7) is 2.56. The van der Waals surface area contributed by atoms with Crippen LogP contribution in [0.1, 0.15) is 6.92 Å². The third-order valence-electron chi connectivity index (χ3n) is 4.29. The molecule has 0 aliphatic heterocycles. The lowest BCUT2D eigenvalue weighted by Gasteiger charge is -2.10. The zero-order chi connectivity index (χ0) is 21.6. The van der Waals surface area contributed by atoms with Gasteiger partial charge in [-0.1, -0.05) is 47.3 Å². The van der Waals surface area contributed by atoms with Crippen molar-refractivity contribution in [3.8, 4) is 5.75 Å². The number of para-hydroxylation sites is 1. The van der Waals surface area contributed by atoms with Crippen molar-refractivity contribution in [3.05, 3.63) is 71.8 Å². The van der Waals surface area contributed by atoms with Crippen LogP contribution in [-0.4, -0.2) is 28.2 Å². The Morgan fingerprint density at radius 2 is 1.94 bits per heavy atom. The van der Waals surface area contributed by atoms with E-state index in [0.717, 1.165) is 32.3 Å². The van der Waals surface area contributed by atoms with E-state index in [9.17, 15) is 4.79 Å². The van der Waals surface area contributed by atoms with E-state index in [2.05, 4.69) is 15.3 Å². The van der Waals surface area contributed by atoms with E-state index in [1.807, 2.05) is 73.7 Å². The molecule has 4 rings (SSSR count). The molecule has 5 nitrogen and oxygen atoms in total. The number of nitrogens with one attached hydrogen (secondary N) is 2. The fourth-order valence-corrected chi connectivity index (χ4v) is 4.61. The first-order valence-corrected chi connectivity index (χ1v) is 11.9. The van der Waals surface area contributed by atoms with Crippen LogP contribution in [0.2, 0.25) is 5.02 Å². The molecule has 0 aliphatic rings. The minimum atomic E-state index is -0.0929. The number of benzene rings is 3. The van der Waals surface area contributed by atoms with E-state index in [1.165, 1.54) is 11.8 Å². The number of anilines is 1. The highest BCUT2D eigenvalue weighted by molar-refractivity contribution is 8.00. The van der Waals surface area contributed by atoms with Crippen molar-refractivity contribution in [2.75, 3.05) is 17.7 Å². The summed E-state index contributed by atoms with van der Waals surface area (Å²) >= 11 is 8.91. The minimum absolute atomic E-state index is 0.0929.